The van der Waals surface area contributed by atoms with E-state index in [1.807, 2.05) is 30.5 Å². The maximum Gasteiger partial charge on any atom is 0.323 e. The number of ketones is 1. The number of anilines is 3. The summed E-state index contributed by atoms with van der Waals surface area (Å²) in [6.45, 7) is 4.16. The largest absolute Gasteiger partial charge is 0.383 e. The van der Waals surface area contributed by atoms with Gasteiger partial charge in [0.25, 0.3) is 0 Å². The van der Waals surface area contributed by atoms with Crippen LogP contribution in [0.3, 0.4) is 0 Å². The molecule has 184 valence electrons. The molecule has 0 radical (unpaired) electrons. The number of benzene rings is 2. The van der Waals surface area contributed by atoms with Crippen molar-refractivity contribution in [2.24, 2.45) is 0 Å². The van der Waals surface area contributed by atoms with Crippen LogP contribution in [0.1, 0.15) is 73.0 Å². The van der Waals surface area contributed by atoms with E-state index in [1.165, 1.54) is 6.33 Å². The molecule has 2 aromatic heterocycles. The minimum Gasteiger partial charge on any atom is -0.383 e. The first-order chi connectivity index (χ1) is 17.4. The summed E-state index contributed by atoms with van der Waals surface area (Å²) in [5.41, 5.74) is 10.1. The van der Waals surface area contributed by atoms with E-state index in [2.05, 4.69) is 39.0 Å². The first-order valence-corrected chi connectivity index (χ1v) is 12.3. The molecule has 2 aromatic carbocycles. The lowest BCUT2D eigenvalue weighted by Crippen LogP contribution is -2.20. The predicted octanol–water partition coefficient (Wildman–Crippen LogP) is 6.13. The molecule has 2 heterocycles. The highest BCUT2D eigenvalue weighted by Gasteiger charge is 2.25. The zero-order valence-corrected chi connectivity index (χ0v) is 20.5. The van der Waals surface area contributed by atoms with Gasteiger partial charge < -0.3 is 20.9 Å². The summed E-state index contributed by atoms with van der Waals surface area (Å²) < 4.78 is 2.08. The Kier molecular flexibility index (Phi) is 6.41. The number of nitrogens with two attached hydrogens (primary N) is 1. The van der Waals surface area contributed by atoms with Crippen LogP contribution in [-0.2, 0) is 0 Å². The lowest BCUT2D eigenvalue weighted by molar-refractivity contribution is 0.104. The number of urea groups is 1. The number of carbonyl (C=O) groups excluding carboxylic acids is 2. The quantitative estimate of drug-likeness (QED) is 0.286. The summed E-state index contributed by atoms with van der Waals surface area (Å²) in [4.78, 5) is 35.0. The van der Waals surface area contributed by atoms with Crippen molar-refractivity contribution in [2.75, 3.05) is 16.4 Å². The molecule has 4 aromatic rings. The number of amides is 2. The second kappa shape index (κ2) is 9.81. The van der Waals surface area contributed by atoms with Gasteiger partial charge in [0.2, 0.25) is 0 Å². The van der Waals surface area contributed by atoms with E-state index in [1.54, 1.807) is 24.3 Å². The summed E-state index contributed by atoms with van der Waals surface area (Å²) in [5.74, 6) is 0.371. The number of fused-ring (bicyclic) bond motifs is 1. The third-order valence-corrected chi connectivity index (χ3v) is 6.82. The molecule has 0 aliphatic heterocycles. The molecule has 0 spiro atoms. The molecule has 8 heteroatoms. The third-order valence-electron chi connectivity index (χ3n) is 6.82. The van der Waals surface area contributed by atoms with Gasteiger partial charge in [-0.15, -0.1) is 0 Å². The van der Waals surface area contributed by atoms with Gasteiger partial charge >= 0.3 is 6.03 Å². The third kappa shape index (κ3) is 4.54. The SMILES string of the molecule is CC(C)c1ccccc1NC(=O)Nc1cccc(C(=O)c2cn(C3CCCC3)c3ncnc(N)c23)c1. The van der Waals surface area contributed by atoms with E-state index in [0.717, 1.165) is 36.9 Å². The molecule has 1 aliphatic rings. The fraction of sp³-hybridized carbons (Fsp3) is 0.286. The number of rotatable bonds is 6. The smallest absolute Gasteiger partial charge is 0.323 e. The van der Waals surface area contributed by atoms with E-state index in [4.69, 9.17) is 5.73 Å². The second-order valence-corrected chi connectivity index (χ2v) is 9.58. The lowest BCUT2D eigenvalue weighted by atomic mass is 10.0. The van der Waals surface area contributed by atoms with Crippen LogP contribution in [0.4, 0.5) is 22.0 Å². The maximum absolute atomic E-state index is 13.6. The molecule has 4 N–H and O–H groups in total. The molecule has 1 fully saturated rings. The summed E-state index contributed by atoms with van der Waals surface area (Å²) in [6.07, 6.45) is 7.73. The Bertz CT molecular complexity index is 1440. The van der Waals surface area contributed by atoms with E-state index < -0.39 is 0 Å². The Labute approximate surface area is 209 Å². The molecular weight excluding hydrogens is 452 g/mol. The minimum absolute atomic E-state index is 0.188. The van der Waals surface area contributed by atoms with Gasteiger partial charge in [-0.1, -0.05) is 57.0 Å². The van der Waals surface area contributed by atoms with Crippen LogP contribution in [0.2, 0.25) is 0 Å². The van der Waals surface area contributed by atoms with Crippen molar-refractivity contribution >= 4 is 40.0 Å². The molecule has 1 aliphatic carbocycles. The van der Waals surface area contributed by atoms with Crippen molar-refractivity contribution in [2.45, 2.75) is 51.5 Å². The highest BCUT2D eigenvalue weighted by Crippen LogP contribution is 2.35. The highest BCUT2D eigenvalue weighted by atomic mass is 16.2. The van der Waals surface area contributed by atoms with E-state index in [9.17, 15) is 9.59 Å². The van der Waals surface area contributed by atoms with Crippen molar-refractivity contribution < 1.29 is 9.59 Å². The van der Waals surface area contributed by atoms with Gasteiger partial charge in [-0.25, -0.2) is 14.8 Å². The fourth-order valence-corrected chi connectivity index (χ4v) is 5.03. The summed E-state index contributed by atoms with van der Waals surface area (Å²) in [6, 6.07) is 14.6. The topological polar surface area (TPSA) is 115 Å². The standard InChI is InChI=1S/C28H30N6O2/c1-17(2)21-12-5-6-13-23(21)33-28(36)32-19-9-7-8-18(14-19)25(35)22-15-34(20-10-3-4-11-20)27-24(22)26(29)30-16-31-27/h5-9,12-17,20H,3-4,10-11H2,1-2H3,(H2,29,30,31)(H2,32,33,36). The second-order valence-electron chi connectivity index (χ2n) is 9.58. The van der Waals surface area contributed by atoms with Crippen molar-refractivity contribution in [3.8, 4) is 0 Å². The Balaban J connectivity index is 1.41. The number of para-hydroxylation sites is 1. The number of hydrogen-bond donors (Lipinski definition) is 3. The minimum atomic E-state index is -0.372. The molecule has 2 amide bonds. The molecule has 0 atom stereocenters. The molecule has 0 bridgehead atoms. The summed E-state index contributed by atoms with van der Waals surface area (Å²) >= 11 is 0. The van der Waals surface area contributed by atoms with Crippen LogP contribution < -0.4 is 16.4 Å². The molecule has 1 saturated carbocycles. The zero-order chi connectivity index (χ0) is 25.2. The van der Waals surface area contributed by atoms with Crippen LogP contribution in [0.15, 0.2) is 61.1 Å². The molecule has 8 nitrogen and oxygen atoms in total. The van der Waals surface area contributed by atoms with Crippen molar-refractivity contribution in [1.29, 1.82) is 0 Å². The number of hydrogen-bond acceptors (Lipinski definition) is 5. The van der Waals surface area contributed by atoms with Crippen molar-refractivity contribution in [3.63, 3.8) is 0 Å². The molecular formula is C28H30N6O2. The van der Waals surface area contributed by atoms with Crippen molar-refractivity contribution in [1.82, 2.24) is 14.5 Å². The molecule has 0 unspecified atom stereocenters. The highest BCUT2D eigenvalue weighted by molar-refractivity contribution is 6.18. The van der Waals surface area contributed by atoms with E-state index >= 15 is 0 Å². The molecule has 5 rings (SSSR count). The normalized spacial score (nSPS) is 13.9. The Morgan fingerprint density at radius 2 is 1.81 bits per heavy atom. The fourth-order valence-electron chi connectivity index (χ4n) is 5.03. The van der Waals surface area contributed by atoms with E-state index in [0.29, 0.717) is 33.9 Å². The van der Waals surface area contributed by atoms with Gasteiger partial charge in [-0.2, -0.15) is 0 Å². The van der Waals surface area contributed by atoms with Crippen LogP contribution in [0, 0.1) is 0 Å². The average molecular weight is 483 g/mol. The molecule has 36 heavy (non-hydrogen) atoms. The van der Waals surface area contributed by atoms with Gasteiger partial charge in [0, 0.05) is 29.2 Å². The number of nitrogens with zero attached hydrogens (tertiary/aromatic N) is 3. The summed E-state index contributed by atoms with van der Waals surface area (Å²) in [5, 5.41) is 6.34. The number of nitrogens with one attached hydrogen (secondary N) is 2. The molecule has 0 saturated heterocycles. The predicted molar refractivity (Wildman–Crippen MR) is 142 cm³/mol. The van der Waals surface area contributed by atoms with Gasteiger partial charge in [-0.3, -0.25) is 4.79 Å². The first kappa shape index (κ1) is 23.5. The van der Waals surface area contributed by atoms with Gasteiger partial charge in [0.1, 0.15) is 17.8 Å². The number of nitrogen functional groups attached to an aromatic ring is 1. The van der Waals surface area contributed by atoms with Gasteiger partial charge in [0.05, 0.1) is 10.9 Å². The van der Waals surface area contributed by atoms with Gasteiger partial charge in [-0.05, 0) is 42.5 Å². The Morgan fingerprint density at radius 3 is 2.58 bits per heavy atom. The summed E-state index contributed by atoms with van der Waals surface area (Å²) in [7, 11) is 0. The number of carbonyl (C=O) groups is 2. The van der Waals surface area contributed by atoms with Gasteiger partial charge in [0.15, 0.2) is 5.78 Å². The lowest BCUT2D eigenvalue weighted by Gasteiger charge is -2.14. The monoisotopic (exact) mass is 482 g/mol. The zero-order valence-electron chi connectivity index (χ0n) is 20.5. The van der Waals surface area contributed by atoms with Crippen LogP contribution in [0.5, 0.6) is 0 Å². The van der Waals surface area contributed by atoms with Crippen LogP contribution >= 0.6 is 0 Å². The number of aromatic nitrogens is 3. The van der Waals surface area contributed by atoms with Crippen molar-refractivity contribution in [3.05, 3.63) is 77.7 Å². The average Bonchev–Trinajstić information content (AvgIpc) is 3.53. The Hall–Kier alpha value is -4.20. The van der Waals surface area contributed by atoms with E-state index in [-0.39, 0.29) is 23.6 Å². The first-order valence-electron chi connectivity index (χ1n) is 12.3. The van der Waals surface area contributed by atoms with Crippen LogP contribution in [-0.4, -0.2) is 26.3 Å². The van der Waals surface area contributed by atoms with Crippen LogP contribution in [0.25, 0.3) is 11.0 Å². The Morgan fingerprint density at radius 1 is 1.03 bits per heavy atom. The maximum atomic E-state index is 13.6.